The number of nitrogens with zero attached hydrogens (tertiary/aromatic N) is 1. The van der Waals surface area contributed by atoms with Gasteiger partial charge in [0.1, 0.15) is 6.04 Å². The van der Waals surface area contributed by atoms with Crippen LogP contribution in [-0.2, 0) is 16.1 Å². The van der Waals surface area contributed by atoms with E-state index in [4.69, 9.17) is 5.11 Å². The van der Waals surface area contributed by atoms with Crippen LogP contribution in [-0.4, -0.2) is 41.0 Å². The van der Waals surface area contributed by atoms with Crippen molar-refractivity contribution in [3.8, 4) is 0 Å². The van der Waals surface area contributed by atoms with E-state index in [-0.39, 0.29) is 18.4 Å². The average Bonchev–Trinajstić information content (AvgIpc) is 2.52. The van der Waals surface area contributed by atoms with E-state index >= 15 is 0 Å². The zero-order valence-electron chi connectivity index (χ0n) is 12.7. The molecule has 0 unspecified atom stereocenters. The highest BCUT2D eigenvalue weighted by molar-refractivity contribution is 5.87. The Kier molecular flexibility index (Phi) is 7.46. The van der Waals surface area contributed by atoms with Gasteiger partial charge >= 0.3 is 0 Å². The molecule has 21 heavy (non-hydrogen) atoms. The standard InChI is InChI=1S/C16H24N2O3/c1-3-15(20)18(12-14-8-5-4-6-9-14)13(2)16(21)17-10-7-11-19/h4-6,8-9,13,19H,3,7,10-12H2,1-2H3,(H,17,21)/t13-/m1/s1. The maximum atomic E-state index is 12.1. The van der Waals surface area contributed by atoms with Gasteiger partial charge in [0.2, 0.25) is 11.8 Å². The normalized spacial score (nSPS) is 11.8. The summed E-state index contributed by atoms with van der Waals surface area (Å²) in [4.78, 5) is 25.8. The largest absolute Gasteiger partial charge is 0.396 e. The van der Waals surface area contributed by atoms with Crippen LogP contribution in [0.3, 0.4) is 0 Å². The van der Waals surface area contributed by atoms with E-state index in [2.05, 4.69) is 5.32 Å². The van der Waals surface area contributed by atoms with E-state index in [1.165, 1.54) is 0 Å². The van der Waals surface area contributed by atoms with Crippen LogP contribution in [0.1, 0.15) is 32.3 Å². The van der Waals surface area contributed by atoms with Crippen molar-refractivity contribution in [3.63, 3.8) is 0 Å². The lowest BCUT2D eigenvalue weighted by molar-refractivity contribution is -0.140. The van der Waals surface area contributed by atoms with Gasteiger partial charge in [-0.15, -0.1) is 0 Å². The van der Waals surface area contributed by atoms with Crippen LogP contribution in [0.15, 0.2) is 30.3 Å². The first kappa shape index (κ1) is 17.2. The lowest BCUT2D eigenvalue weighted by Crippen LogP contribution is -2.47. The van der Waals surface area contributed by atoms with Gasteiger partial charge in [-0.3, -0.25) is 9.59 Å². The Bertz CT molecular complexity index is 448. The number of benzene rings is 1. The van der Waals surface area contributed by atoms with Crippen molar-refractivity contribution < 1.29 is 14.7 Å². The van der Waals surface area contributed by atoms with Crippen molar-refractivity contribution in [2.75, 3.05) is 13.2 Å². The molecule has 0 aliphatic heterocycles. The molecule has 2 N–H and O–H groups in total. The van der Waals surface area contributed by atoms with Gasteiger partial charge in [-0.25, -0.2) is 0 Å². The third-order valence-corrected chi connectivity index (χ3v) is 3.30. The number of hydrogen-bond acceptors (Lipinski definition) is 3. The molecule has 0 radical (unpaired) electrons. The predicted octanol–water partition coefficient (Wildman–Crippen LogP) is 1.31. The first-order valence-electron chi connectivity index (χ1n) is 7.32. The molecule has 116 valence electrons. The summed E-state index contributed by atoms with van der Waals surface area (Å²) in [6, 6.07) is 9.08. The molecular formula is C16H24N2O3. The second-order valence-corrected chi connectivity index (χ2v) is 4.90. The van der Waals surface area contributed by atoms with Gasteiger partial charge in [0.05, 0.1) is 0 Å². The quantitative estimate of drug-likeness (QED) is 0.710. The fraction of sp³-hybridized carbons (Fsp3) is 0.500. The lowest BCUT2D eigenvalue weighted by atomic mass is 10.1. The molecule has 0 aliphatic rings. The molecule has 0 fully saturated rings. The molecule has 0 bridgehead atoms. The second kappa shape index (κ2) is 9.13. The molecule has 0 saturated heterocycles. The SMILES string of the molecule is CCC(=O)N(Cc1ccccc1)[C@H](C)C(=O)NCCCO. The van der Waals surface area contributed by atoms with E-state index in [0.29, 0.717) is 25.9 Å². The Balaban J connectivity index is 2.72. The van der Waals surface area contributed by atoms with Crippen LogP contribution in [0, 0.1) is 0 Å². The highest BCUT2D eigenvalue weighted by atomic mass is 16.3. The summed E-state index contributed by atoms with van der Waals surface area (Å²) in [7, 11) is 0. The van der Waals surface area contributed by atoms with Crippen LogP contribution in [0.25, 0.3) is 0 Å². The van der Waals surface area contributed by atoms with E-state index in [9.17, 15) is 9.59 Å². The average molecular weight is 292 g/mol. The fourth-order valence-electron chi connectivity index (χ4n) is 2.00. The van der Waals surface area contributed by atoms with Gasteiger partial charge in [-0.05, 0) is 18.9 Å². The lowest BCUT2D eigenvalue weighted by Gasteiger charge is -2.28. The smallest absolute Gasteiger partial charge is 0.242 e. The van der Waals surface area contributed by atoms with Crippen molar-refractivity contribution in [1.29, 1.82) is 0 Å². The number of carbonyl (C=O) groups excluding carboxylic acids is 2. The zero-order chi connectivity index (χ0) is 15.7. The maximum absolute atomic E-state index is 12.1. The molecule has 0 aromatic heterocycles. The molecular weight excluding hydrogens is 268 g/mol. The van der Waals surface area contributed by atoms with Gasteiger partial charge in [0.25, 0.3) is 0 Å². The van der Waals surface area contributed by atoms with Crippen molar-refractivity contribution >= 4 is 11.8 Å². The van der Waals surface area contributed by atoms with Gasteiger partial charge in [-0.1, -0.05) is 37.3 Å². The molecule has 1 rings (SSSR count). The van der Waals surface area contributed by atoms with Crippen LogP contribution in [0.4, 0.5) is 0 Å². The molecule has 1 aromatic rings. The summed E-state index contributed by atoms with van der Waals surface area (Å²) < 4.78 is 0. The summed E-state index contributed by atoms with van der Waals surface area (Å²) >= 11 is 0. The predicted molar refractivity (Wildman–Crippen MR) is 81.5 cm³/mol. The van der Waals surface area contributed by atoms with Crippen molar-refractivity contribution in [3.05, 3.63) is 35.9 Å². The summed E-state index contributed by atoms with van der Waals surface area (Å²) in [5.74, 6) is -0.246. The van der Waals surface area contributed by atoms with E-state index in [1.807, 2.05) is 30.3 Å². The third kappa shape index (κ3) is 5.55. The van der Waals surface area contributed by atoms with E-state index < -0.39 is 6.04 Å². The number of aliphatic hydroxyl groups is 1. The molecule has 2 amide bonds. The fourth-order valence-corrected chi connectivity index (χ4v) is 2.00. The molecule has 0 heterocycles. The molecule has 5 heteroatoms. The minimum atomic E-state index is -0.531. The number of hydrogen-bond donors (Lipinski definition) is 2. The Morgan fingerprint density at radius 1 is 1.29 bits per heavy atom. The first-order valence-corrected chi connectivity index (χ1v) is 7.32. The van der Waals surface area contributed by atoms with Crippen LogP contribution in [0.5, 0.6) is 0 Å². The zero-order valence-corrected chi connectivity index (χ0v) is 12.7. The Morgan fingerprint density at radius 2 is 1.95 bits per heavy atom. The van der Waals surface area contributed by atoms with Crippen LogP contribution >= 0.6 is 0 Å². The van der Waals surface area contributed by atoms with Gasteiger partial charge < -0.3 is 15.3 Å². The minimum Gasteiger partial charge on any atom is -0.396 e. The monoisotopic (exact) mass is 292 g/mol. The Morgan fingerprint density at radius 3 is 2.52 bits per heavy atom. The van der Waals surface area contributed by atoms with Crippen LogP contribution in [0.2, 0.25) is 0 Å². The molecule has 5 nitrogen and oxygen atoms in total. The third-order valence-electron chi connectivity index (χ3n) is 3.30. The summed E-state index contributed by atoms with van der Waals surface area (Å²) in [6.07, 6.45) is 0.875. The number of amides is 2. The van der Waals surface area contributed by atoms with E-state index in [1.54, 1.807) is 18.7 Å². The number of rotatable bonds is 8. The molecule has 0 spiro atoms. The highest BCUT2D eigenvalue weighted by Gasteiger charge is 2.24. The molecule has 1 atom stereocenters. The summed E-state index contributed by atoms with van der Waals surface area (Å²) in [5.41, 5.74) is 0.995. The Hall–Kier alpha value is -1.88. The number of aliphatic hydroxyl groups excluding tert-OH is 1. The molecule has 0 aliphatic carbocycles. The maximum Gasteiger partial charge on any atom is 0.242 e. The summed E-state index contributed by atoms with van der Waals surface area (Å²) in [6.45, 7) is 4.39. The van der Waals surface area contributed by atoms with Gasteiger partial charge in [0, 0.05) is 26.1 Å². The number of carbonyl (C=O) groups is 2. The molecule has 1 aromatic carbocycles. The van der Waals surface area contributed by atoms with Crippen molar-refractivity contribution in [2.24, 2.45) is 0 Å². The summed E-state index contributed by atoms with van der Waals surface area (Å²) in [5, 5.41) is 11.5. The Labute approximate surface area is 126 Å². The van der Waals surface area contributed by atoms with E-state index in [0.717, 1.165) is 5.56 Å². The second-order valence-electron chi connectivity index (χ2n) is 4.90. The van der Waals surface area contributed by atoms with Crippen molar-refractivity contribution in [1.82, 2.24) is 10.2 Å². The highest BCUT2D eigenvalue weighted by Crippen LogP contribution is 2.10. The topological polar surface area (TPSA) is 69.6 Å². The first-order chi connectivity index (χ1) is 10.1. The van der Waals surface area contributed by atoms with Gasteiger partial charge in [-0.2, -0.15) is 0 Å². The number of nitrogens with one attached hydrogen (secondary N) is 1. The minimum absolute atomic E-state index is 0.0380. The molecule has 0 saturated carbocycles. The van der Waals surface area contributed by atoms with Crippen molar-refractivity contribution in [2.45, 2.75) is 39.3 Å². The van der Waals surface area contributed by atoms with Gasteiger partial charge in [0.15, 0.2) is 0 Å². The van der Waals surface area contributed by atoms with Crippen LogP contribution < -0.4 is 5.32 Å².